The monoisotopic (exact) mass is 426 g/mol. The number of pyridine rings is 1. The number of ketones is 1. The van der Waals surface area contributed by atoms with Gasteiger partial charge in [0.15, 0.2) is 5.82 Å². The van der Waals surface area contributed by atoms with Crippen molar-refractivity contribution >= 4 is 22.7 Å². The van der Waals surface area contributed by atoms with Crippen molar-refractivity contribution in [2.24, 2.45) is 0 Å². The summed E-state index contributed by atoms with van der Waals surface area (Å²) < 4.78 is 6.07. The van der Waals surface area contributed by atoms with E-state index in [0.29, 0.717) is 36.0 Å². The highest BCUT2D eigenvalue weighted by Gasteiger charge is 2.22. The van der Waals surface area contributed by atoms with Crippen LogP contribution in [0.25, 0.3) is 11.0 Å². The number of rotatable bonds is 5. The Morgan fingerprint density at radius 3 is 2.69 bits per heavy atom. The SMILES string of the molecule is O=C1CC[C@@H](c2cccnc2Oc2ccc(C(=O)c3nc4ccccc4[nH]3)cc2)CCN1. The molecule has 0 saturated carbocycles. The fourth-order valence-electron chi connectivity index (χ4n) is 4.02. The Morgan fingerprint density at radius 1 is 1.00 bits per heavy atom. The van der Waals surface area contributed by atoms with Crippen molar-refractivity contribution in [1.82, 2.24) is 20.3 Å². The summed E-state index contributed by atoms with van der Waals surface area (Å²) in [6, 6.07) is 18.4. The normalized spacial score (nSPS) is 16.4. The quantitative estimate of drug-likeness (QED) is 0.462. The third kappa shape index (κ3) is 4.09. The molecule has 4 aromatic rings. The minimum absolute atomic E-state index is 0.0866. The van der Waals surface area contributed by atoms with Crippen LogP contribution in [0.15, 0.2) is 66.9 Å². The van der Waals surface area contributed by atoms with Gasteiger partial charge in [-0.05, 0) is 61.2 Å². The van der Waals surface area contributed by atoms with E-state index in [2.05, 4.69) is 20.3 Å². The number of amides is 1. The fraction of sp³-hybridized carbons (Fsp3) is 0.200. The van der Waals surface area contributed by atoms with Gasteiger partial charge in [-0.2, -0.15) is 0 Å². The van der Waals surface area contributed by atoms with E-state index < -0.39 is 0 Å². The molecule has 0 aliphatic carbocycles. The molecule has 5 rings (SSSR count). The minimum atomic E-state index is -0.179. The van der Waals surface area contributed by atoms with E-state index in [-0.39, 0.29) is 17.6 Å². The van der Waals surface area contributed by atoms with Crippen molar-refractivity contribution in [1.29, 1.82) is 0 Å². The van der Waals surface area contributed by atoms with Crippen LogP contribution in [-0.2, 0) is 4.79 Å². The molecule has 2 aromatic heterocycles. The van der Waals surface area contributed by atoms with Crippen LogP contribution in [0.4, 0.5) is 0 Å². The first kappa shape index (κ1) is 19.9. The van der Waals surface area contributed by atoms with Gasteiger partial charge in [0.1, 0.15) is 5.75 Å². The van der Waals surface area contributed by atoms with Crippen LogP contribution in [-0.4, -0.2) is 33.2 Å². The summed E-state index contributed by atoms with van der Waals surface area (Å²) in [5.41, 5.74) is 3.10. The molecule has 7 nitrogen and oxygen atoms in total. The van der Waals surface area contributed by atoms with E-state index in [4.69, 9.17) is 4.74 Å². The second kappa shape index (κ2) is 8.63. The zero-order chi connectivity index (χ0) is 21.9. The lowest BCUT2D eigenvalue weighted by atomic mass is 9.93. The maximum absolute atomic E-state index is 12.8. The van der Waals surface area contributed by atoms with Crippen molar-refractivity contribution < 1.29 is 14.3 Å². The third-order valence-corrected chi connectivity index (χ3v) is 5.71. The summed E-state index contributed by atoms with van der Waals surface area (Å²) in [5, 5.41) is 2.91. The summed E-state index contributed by atoms with van der Waals surface area (Å²) in [6.07, 6.45) is 3.80. The van der Waals surface area contributed by atoms with Crippen molar-refractivity contribution in [3.8, 4) is 11.6 Å². The molecule has 0 bridgehead atoms. The van der Waals surface area contributed by atoms with Crippen molar-refractivity contribution in [3.63, 3.8) is 0 Å². The van der Waals surface area contributed by atoms with E-state index in [1.165, 1.54) is 0 Å². The Bertz CT molecular complexity index is 1250. The molecular weight excluding hydrogens is 404 g/mol. The molecule has 160 valence electrons. The molecule has 1 amide bonds. The summed E-state index contributed by atoms with van der Waals surface area (Å²) in [7, 11) is 0. The van der Waals surface area contributed by atoms with Crippen LogP contribution >= 0.6 is 0 Å². The summed E-state index contributed by atoms with van der Waals surface area (Å²) in [6.45, 7) is 0.649. The number of nitrogens with one attached hydrogen (secondary N) is 2. The first-order chi connectivity index (χ1) is 15.7. The number of H-pyrrole nitrogens is 1. The molecule has 1 saturated heterocycles. The van der Waals surface area contributed by atoms with Crippen LogP contribution in [0.1, 0.15) is 46.9 Å². The standard InChI is InChI=1S/C25H22N4O3/c30-22-12-9-16(13-15-26-22)19-4-3-14-27-25(19)32-18-10-7-17(8-11-18)23(31)24-28-20-5-1-2-6-21(20)29-24/h1-8,10-11,14,16H,9,12-13,15H2,(H,26,30)(H,28,29)/t16-/m1/s1. The molecule has 1 fully saturated rings. The average Bonchev–Trinajstić information content (AvgIpc) is 3.14. The predicted octanol–water partition coefficient (Wildman–Crippen LogP) is 4.36. The smallest absolute Gasteiger partial charge is 0.228 e. The Morgan fingerprint density at radius 2 is 1.84 bits per heavy atom. The fourth-order valence-corrected chi connectivity index (χ4v) is 4.02. The minimum Gasteiger partial charge on any atom is -0.439 e. The molecular formula is C25H22N4O3. The van der Waals surface area contributed by atoms with E-state index in [1.807, 2.05) is 36.4 Å². The van der Waals surface area contributed by atoms with E-state index >= 15 is 0 Å². The molecule has 32 heavy (non-hydrogen) atoms. The van der Waals surface area contributed by atoms with Crippen LogP contribution in [0, 0.1) is 0 Å². The van der Waals surface area contributed by atoms with Gasteiger partial charge >= 0.3 is 0 Å². The van der Waals surface area contributed by atoms with Gasteiger partial charge in [-0.1, -0.05) is 18.2 Å². The van der Waals surface area contributed by atoms with Gasteiger partial charge in [0.05, 0.1) is 11.0 Å². The van der Waals surface area contributed by atoms with Gasteiger partial charge in [-0.3, -0.25) is 9.59 Å². The molecule has 2 N–H and O–H groups in total. The number of aromatic amines is 1. The molecule has 7 heteroatoms. The number of ether oxygens (including phenoxy) is 1. The van der Waals surface area contributed by atoms with Gasteiger partial charge in [0.2, 0.25) is 17.6 Å². The lowest BCUT2D eigenvalue weighted by Crippen LogP contribution is -2.21. The highest BCUT2D eigenvalue weighted by atomic mass is 16.5. The topological polar surface area (TPSA) is 97.0 Å². The zero-order valence-corrected chi connectivity index (χ0v) is 17.4. The molecule has 1 aliphatic rings. The highest BCUT2D eigenvalue weighted by molar-refractivity contribution is 6.08. The van der Waals surface area contributed by atoms with E-state index in [9.17, 15) is 9.59 Å². The lowest BCUT2D eigenvalue weighted by Gasteiger charge is -2.17. The summed E-state index contributed by atoms with van der Waals surface area (Å²) >= 11 is 0. The van der Waals surface area contributed by atoms with E-state index in [0.717, 1.165) is 29.4 Å². The number of fused-ring (bicyclic) bond motifs is 1. The molecule has 1 atom stereocenters. The number of hydrogen-bond acceptors (Lipinski definition) is 5. The second-order valence-electron chi connectivity index (χ2n) is 7.83. The maximum Gasteiger partial charge on any atom is 0.228 e. The predicted molar refractivity (Wildman–Crippen MR) is 120 cm³/mol. The zero-order valence-electron chi connectivity index (χ0n) is 17.4. The van der Waals surface area contributed by atoms with E-state index in [1.54, 1.807) is 30.5 Å². The Labute approximate surface area is 184 Å². The second-order valence-corrected chi connectivity index (χ2v) is 7.83. The van der Waals surface area contributed by atoms with Gasteiger partial charge in [-0.15, -0.1) is 0 Å². The van der Waals surface area contributed by atoms with Crippen molar-refractivity contribution in [2.45, 2.75) is 25.2 Å². The number of nitrogens with zero attached hydrogens (tertiary/aromatic N) is 2. The molecule has 1 aliphatic heterocycles. The first-order valence-electron chi connectivity index (χ1n) is 10.7. The Balaban J connectivity index is 1.34. The molecule has 0 radical (unpaired) electrons. The van der Waals surface area contributed by atoms with Gasteiger partial charge in [0, 0.05) is 30.3 Å². The number of benzene rings is 2. The van der Waals surface area contributed by atoms with Gasteiger partial charge in [0.25, 0.3) is 0 Å². The number of para-hydroxylation sites is 2. The lowest BCUT2D eigenvalue weighted by molar-refractivity contribution is -0.120. The highest BCUT2D eigenvalue weighted by Crippen LogP contribution is 2.34. The average molecular weight is 426 g/mol. The van der Waals surface area contributed by atoms with Gasteiger partial charge in [-0.25, -0.2) is 9.97 Å². The number of hydrogen-bond donors (Lipinski definition) is 2. The molecule has 0 spiro atoms. The summed E-state index contributed by atoms with van der Waals surface area (Å²) in [5.74, 6) is 1.54. The Hall–Kier alpha value is -4.00. The summed E-state index contributed by atoms with van der Waals surface area (Å²) in [4.78, 5) is 36.4. The first-order valence-corrected chi connectivity index (χ1v) is 10.7. The van der Waals surface area contributed by atoms with Gasteiger partial charge < -0.3 is 15.0 Å². The number of aromatic nitrogens is 3. The van der Waals surface area contributed by atoms with Crippen molar-refractivity contribution in [3.05, 3.63) is 83.8 Å². The number of carbonyl (C=O) groups is 2. The van der Waals surface area contributed by atoms with Crippen LogP contribution in [0.5, 0.6) is 11.6 Å². The molecule has 2 aromatic carbocycles. The number of carbonyl (C=O) groups excluding carboxylic acids is 2. The Kier molecular flexibility index (Phi) is 5.37. The number of imidazole rings is 1. The third-order valence-electron chi connectivity index (χ3n) is 5.71. The van der Waals surface area contributed by atoms with Crippen LogP contribution in [0.3, 0.4) is 0 Å². The largest absolute Gasteiger partial charge is 0.439 e. The van der Waals surface area contributed by atoms with Crippen LogP contribution < -0.4 is 10.1 Å². The molecule has 0 unspecified atom stereocenters. The van der Waals surface area contributed by atoms with Crippen molar-refractivity contribution in [2.75, 3.05) is 6.54 Å². The molecule has 3 heterocycles. The maximum atomic E-state index is 12.8. The van der Waals surface area contributed by atoms with Crippen LogP contribution in [0.2, 0.25) is 0 Å².